The number of rotatable bonds is 1. The van der Waals surface area contributed by atoms with E-state index in [2.05, 4.69) is 16.2 Å². The van der Waals surface area contributed by atoms with Crippen LogP contribution in [0.2, 0.25) is 0 Å². The Balaban J connectivity index is 2.55. The van der Waals surface area contributed by atoms with Crippen LogP contribution in [0.5, 0.6) is 0 Å². The van der Waals surface area contributed by atoms with Crippen molar-refractivity contribution in [2.75, 3.05) is 6.16 Å². The summed E-state index contributed by atoms with van der Waals surface area (Å²) in [7, 11) is 2.67. The molecule has 2 nitrogen and oxygen atoms in total. The van der Waals surface area contributed by atoms with Crippen LogP contribution >= 0.6 is 9.24 Å². The van der Waals surface area contributed by atoms with E-state index in [-0.39, 0.29) is 17.8 Å². The van der Waals surface area contributed by atoms with Gasteiger partial charge in [0.15, 0.2) is 0 Å². The van der Waals surface area contributed by atoms with Crippen LogP contribution in [0.1, 0.15) is 26.7 Å². The first-order valence-corrected chi connectivity index (χ1v) is 4.93. The van der Waals surface area contributed by atoms with Crippen LogP contribution in [0, 0.1) is 0 Å². The molecule has 1 N–H and O–H groups in total. The zero-order chi connectivity index (χ0) is 8.48. The molecule has 0 aromatic rings. The molecule has 4 atom stereocenters. The van der Waals surface area contributed by atoms with Crippen molar-refractivity contribution < 1.29 is 9.84 Å². The van der Waals surface area contributed by atoms with Crippen LogP contribution in [0.15, 0.2) is 0 Å². The van der Waals surface area contributed by atoms with Crippen LogP contribution in [0.3, 0.4) is 0 Å². The topological polar surface area (TPSA) is 29.5 Å². The van der Waals surface area contributed by atoms with Gasteiger partial charge in [0.1, 0.15) is 0 Å². The number of aliphatic hydroxyl groups excluding tert-OH is 1. The Labute approximate surface area is 70.5 Å². The van der Waals surface area contributed by atoms with Gasteiger partial charge in [-0.2, -0.15) is 0 Å². The molecule has 1 fully saturated rings. The highest BCUT2D eigenvalue weighted by atomic mass is 31.0. The minimum atomic E-state index is -0.177. The molecule has 11 heavy (non-hydrogen) atoms. The highest BCUT2D eigenvalue weighted by Crippen LogP contribution is 2.29. The normalized spacial score (nSPS) is 45.8. The first-order chi connectivity index (χ1) is 5.06. The lowest BCUT2D eigenvalue weighted by atomic mass is 9.93. The van der Waals surface area contributed by atoms with E-state index in [0.717, 1.165) is 19.0 Å². The van der Waals surface area contributed by atoms with E-state index < -0.39 is 0 Å². The van der Waals surface area contributed by atoms with Crippen LogP contribution < -0.4 is 0 Å². The first kappa shape index (κ1) is 9.44. The van der Waals surface area contributed by atoms with Gasteiger partial charge in [0, 0.05) is 6.42 Å². The van der Waals surface area contributed by atoms with Crippen LogP contribution in [-0.2, 0) is 4.74 Å². The van der Waals surface area contributed by atoms with E-state index in [9.17, 15) is 5.11 Å². The molecule has 0 aromatic heterocycles. The third kappa shape index (κ3) is 2.40. The van der Waals surface area contributed by atoms with Crippen molar-refractivity contribution in [1.29, 1.82) is 0 Å². The van der Waals surface area contributed by atoms with Gasteiger partial charge in [-0.15, -0.1) is 9.24 Å². The van der Waals surface area contributed by atoms with E-state index in [4.69, 9.17) is 4.74 Å². The molecular formula is C8H17O2P. The van der Waals surface area contributed by atoms with Crippen molar-refractivity contribution in [3.8, 4) is 0 Å². The molecule has 0 aliphatic carbocycles. The summed E-state index contributed by atoms with van der Waals surface area (Å²) in [6, 6.07) is 0. The highest BCUT2D eigenvalue weighted by molar-refractivity contribution is 7.16. The molecular weight excluding hydrogens is 159 g/mol. The summed E-state index contributed by atoms with van der Waals surface area (Å²) < 4.78 is 5.71. The van der Waals surface area contributed by atoms with E-state index in [0.29, 0.717) is 0 Å². The summed E-state index contributed by atoms with van der Waals surface area (Å²) in [6.07, 6.45) is 2.46. The summed E-state index contributed by atoms with van der Waals surface area (Å²) in [5, 5.41) is 9.46. The van der Waals surface area contributed by atoms with Crippen molar-refractivity contribution in [1.82, 2.24) is 0 Å². The van der Waals surface area contributed by atoms with Gasteiger partial charge in [-0.3, -0.25) is 0 Å². The van der Waals surface area contributed by atoms with Crippen LogP contribution in [0.25, 0.3) is 0 Å². The van der Waals surface area contributed by atoms with Crippen molar-refractivity contribution in [3.63, 3.8) is 0 Å². The average Bonchev–Trinajstić information content (AvgIpc) is 1.84. The largest absolute Gasteiger partial charge is 0.393 e. The van der Waals surface area contributed by atoms with E-state index >= 15 is 0 Å². The lowest BCUT2D eigenvalue weighted by Crippen LogP contribution is -2.44. The maximum absolute atomic E-state index is 9.46. The summed E-state index contributed by atoms with van der Waals surface area (Å²) in [5.41, 5.74) is -0.123. The number of hydrogen-bond donors (Lipinski definition) is 1. The van der Waals surface area contributed by atoms with Gasteiger partial charge in [0.25, 0.3) is 0 Å². The molecule has 1 heterocycles. The summed E-state index contributed by atoms with van der Waals surface area (Å²) in [4.78, 5) is 0. The van der Waals surface area contributed by atoms with E-state index in [1.165, 1.54) is 0 Å². The Hall–Kier alpha value is 0.350. The number of hydrogen-bond acceptors (Lipinski definition) is 2. The highest BCUT2D eigenvalue weighted by Gasteiger charge is 2.34. The quantitative estimate of drug-likeness (QED) is 0.608. The molecule has 1 aliphatic rings. The fourth-order valence-electron chi connectivity index (χ4n) is 1.68. The third-order valence-corrected chi connectivity index (χ3v) is 3.05. The minimum Gasteiger partial charge on any atom is -0.393 e. The number of ether oxygens (including phenoxy) is 1. The van der Waals surface area contributed by atoms with Gasteiger partial charge in [-0.05, 0) is 26.4 Å². The molecule has 4 unspecified atom stereocenters. The maximum atomic E-state index is 9.46. The molecule has 0 amide bonds. The summed E-state index contributed by atoms with van der Waals surface area (Å²) >= 11 is 0. The van der Waals surface area contributed by atoms with Crippen LogP contribution in [-0.4, -0.2) is 29.1 Å². The second-order valence-corrected chi connectivity index (χ2v) is 4.08. The predicted octanol–water partition coefficient (Wildman–Crippen LogP) is 1.18. The third-order valence-electron chi connectivity index (χ3n) is 2.19. The molecule has 1 rings (SSSR count). The molecule has 0 radical (unpaired) electrons. The Morgan fingerprint density at radius 3 is 2.82 bits per heavy atom. The molecule has 3 heteroatoms. The van der Waals surface area contributed by atoms with Gasteiger partial charge in [0.05, 0.1) is 17.8 Å². The fraction of sp³-hybridized carbons (Fsp3) is 1.00. The molecule has 66 valence electrons. The van der Waals surface area contributed by atoms with Crippen molar-refractivity contribution in [3.05, 3.63) is 0 Å². The van der Waals surface area contributed by atoms with Gasteiger partial charge in [-0.1, -0.05) is 0 Å². The second-order valence-electron chi connectivity index (χ2n) is 3.68. The Bertz CT molecular complexity index is 128. The SMILES string of the molecule is CC1CC(O)CC(C)(CP)O1. The second kappa shape index (κ2) is 3.38. The summed E-state index contributed by atoms with van der Waals surface area (Å²) in [5.74, 6) is 0. The van der Waals surface area contributed by atoms with Crippen molar-refractivity contribution in [2.45, 2.75) is 44.5 Å². The van der Waals surface area contributed by atoms with E-state index in [1.807, 2.05) is 6.92 Å². The molecule has 0 saturated carbocycles. The van der Waals surface area contributed by atoms with Gasteiger partial charge in [0.2, 0.25) is 0 Å². The molecule has 1 aliphatic heterocycles. The Morgan fingerprint density at radius 1 is 1.73 bits per heavy atom. The summed E-state index contributed by atoms with van der Waals surface area (Å²) in [6.45, 7) is 4.07. The predicted molar refractivity (Wildman–Crippen MR) is 48.8 cm³/mol. The smallest absolute Gasteiger partial charge is 0.0716 e. The molecule has 0 bridgehead atoms. The monoisotopic (exact) mass is 176 g/mol. The Morgan fingerprint density at radius 2 is 2.36 bits per heavy atom. The Kier molecular flexibility index (Phi) is 2.90. The van der Waals surface area contributed by atoms with E-state index in [1.54, 1.807) is 0 Å². The van der Waals surface area contributed by atoms with Gasteiger partial charge >= 0.3 is 0 Å². The average molecular weight is 176 g/mol. The fourth-order valence-corrected chi connectivity index (χ4v) is 1.94. The molecule has 0 aromatic carbocycles. The maximum Gasteiger partial charge on any atom is 0.0716 e. The molecule has 0 spiro atoms. The van der Waals surface area contributed by atoms with Gasteiger partial charge < -0.3 is 9.84 Å². The lowest BCUT2D eigenvalue weighted by Gasteiger charge is -2.39. The number of aliphatic hydroxyl groups is 1. The first-order valence-electron chi connectivity index (χ1n) is 4.12. The minimum absolute atomic E-state index is 0.123. The molecule has 1 saturated heterocycles. The standard InChI is InChI=1S/C8H17O2P/c1-6-3-7(9)4-8(2,5-11)10-6/h6-7,9H,3-5,11H2,1-2H3. The lowest BCUT2D eigenvalue weighted by molar-refractivity contribution is -0.134. The van der Waals surface area contributed by atoms with Crippen molar-refractivity contribution in [2.24, 2.45) is 0 Å². The van der Waals surface area contributed by atoms with Crippen LogP contribution in [0.4, 0.5) is 0 Å². The van der Waals surface area contributed by atoms with Crippen molar-refractivity contribution >= 4 is 9.24 Å². The zero-order valence-electron chi connectivity index (χ0n) is 7.21. The van der Waals surface area contributed by atoms with Gasteiger partial charge in [-0.25, -0.2) is 0 Å². The zero-order valence-corrected chi connectivity index (χ0v) is 8.36.